The molecule has 0 aliphatic rings. The maximum atomic E-state index is 4.35. The summed E-state index contributed by atoms with van der Waals surface area (Å²) in [5.41, 5.74) is 2.08. The number of pyridine rings is 1. The highest BCUT2D eigenvalue weighted by molar-refractivity contribution is 7.10. The molecular weight excluding hydrogens is 246 g/mol. The van der Waals surface area contributed by atoms with Crippen LogP contribution in [0.25, 0.3) is 0 Å². The molecule has 0 fully saturated rings. The maximum absolute atomic E-state index is 4.35. The predicted octanol–water partition coefficient (Wildman–Crippen LogP) is 2.00. The molecule has 2 aromatic rings. The molecule has 18 heavy (non-hydrogen) atoms. The number of aromatic nitrogens is 3. The topological polar surface area (TPSA) is 53.9 Å². The van der Waals surface area contributed by atoms with Crippen LogP contribution in [0.15, 0.2) is 24.4 Å². The van der Waals surface area contributed by atoms with Crippen molar-refractivity contribution in [3.63, 3.8) is 0 Å². The highest BCUT2D eigenvalue weighted by atomic mass is 32.1. The van der Waals surface area contributed by atoms with Gasteiger partial charge in [-0.3, -0.25) is 9.88 Å². The minimum Gasteiger partial charge on any atom is -0.377 e. The van der Waals surface area contributed by atoms with Gasteiger partial charge in [-0.05, 0) is 18.7 Å². The van der Waals surface area contributed by atoms with E-state index in [2.05, 4.69) is 31.7 Å². The minimum absolute atomic E-state index is 0.791. The fourth-order valence-corrected chi connectivity index (χ4v) is 2.24. The van der Waals surface area contributed by atoms with E-state index < -0.39 is 0 Å². The molecule has 96 valence electrons. The highest BCUT2D eigenvalue weighted by Gasteiger charge is 2.11. The molecule has 2 heterocycles. The second-order valence-electron chi connectivity index (χ2n) is 3.92. The van der Waals surface area contributed by atoms with Gasteiger partial charge in [-0.15, -0.1) is 5.10 Å². The molecule has 0 aromatic carbocycles. The summed E-state index contributed by atoms with van der Waals surface area (Å²) in [5, 5.41) is 8.32. The molecule has 0 amide bonds. The second kappa shape index (κ2) is 6.42. The van der Waals surface area contributed by atoms with E-state index in [1.165, 1.54) is 11.5 Å². The monoisotopic (exact) mass is 263 g/mol. The molecule has 0 bridgehead atoms. The van der Waals surface area contributed by atoms with Gasteiger partial charge in [-0.2, -0.15) is 0 Å². The standard InChI is InChI=1S/C12H17N5S/c1-3-17(8-10-6-4-5-7-14-10)9-11-12(13-2)18-16-15-11/h4-7,13H,3,8-9H2,1-2H3. The Morgan fingerprint density at radius 3 is 2.89 bits per heavy atom. The number of nitrogens with zero attached hydrogens (tertiary/aromatic N) is 4. The molecule has 0 spiro atoms. The first-order valence-corrected chi connectivity index (χ1v) is 6.72. The fourth-order valence-electron chi connectivity index (χ4n) is 1.71. The largest absolute Gasteiger partial charge is 0.377 e. The summed E-state index contributed by atoms with van der Waals surface area (Å²) in [6, 6.07) is 5.99. The average molecular weight is 263 g/mol. The van der Waals surface area contributed by atoms with Gasteiger partial charge in [0.25, 0.3) is 0 Å². The Morgan fingerprint density at radius 2 is 2.22 bits per heavy atom. The average Bonchev–Trinajstić information content (AvgIpc) is 2.86. The Balaban J connectivity index is 2.02. The van der Waals surface area contributed by atoms with Gasteiger partial charge in [0.1, 0.15) is 10.7 Å². The Morgan fingerprint density at radius 1 is 1.33 bits per heavy atom. The van der Waals surface area contributed by atoms with Gasteiger partial charge in [0.15, 0.2) is 0 Å². The van der Waals surface area contributed by atoms with Crippen LogP contribution in [0.5, 0.6) is 0 Å². The van der Waals surface area contributed by atoms with E-state index in [0.29, 0.717) is 0 Å². The van der Waals surface area contributed by atoms with Gasteiger partial charge in [-0.25, -0.2) is 0 Å². The number of anilines is 1. The highest BCUT2D eigenvalue weighted by Crippen LogP contribution is 2.18. The minimum atomic E-state index is 0.791. The van der Waals surface area contributed by atoms with Crippen molar-refractivity contribution in [2.45, 2.75) is 20.0 Å². The zero-order valence-corrected chi connectivity index (χ0v) is 11.4. The van der Waals surface area contributed by atoms with Crippen LogP contribution >= 0.6 is 11.5 Å². The molecule has 2 rings (SSSR count). The molecule has 5 nitrogen and oxygen atoms in total. The van der Waals surface area contributed by atoms with Crippen LogP contribution in [-0.2, 0) is 13.1 Å². The fraction of sp³-hybridized carbons (Fsp3) is 0.417. The molecule has 0 saturated carbocycles. The van der Waals surface area contributed by atoms with Crippen molar-refractivity contribution in [2.24, 2.45) is 0 Å². The van der Waals surface area contributed by atoms with E-state index >= 15 is 0 Å². The Hall–Kier alpha value is -1.53. The number of nitrogens with one attached hydrogen (secondary N) is 1. The molecule has 0 aliphatic carbocycles. The third-order valence-corrected chi connectivity index (χ3v) is 3.50. The second-order valence-corrected chi connectivity index (χ2v) is 4.68. The summed E-state index contributed by atoms with van der Waals surface area (Å²) < 4.78 is 3.97. The third-order valence-electron chi connectivity index (χ3n) is 2.72. The van der Waals surface area contributed by atoms with Crippen LogP contribution in [0.4, 0.5) is 5.00 Å². The first kappa shape index (κ1) is 12.9. The molecule has 6 heteroatoms. The van der Waals surface area contributed by atoms with E-state index in [4.69, 9.17) is 0 Å². The molecule has 0 aliphatic heterocycles. The zero-order valence-electron chi connectivity index (χ0n) is 10.6. The summed E-state index contributed by atoms with van der Waals surface area (Å²) in [6.07, 6.45) is 1.83. The van der Waals surface area contributed by atoms with Crippen LogP contribution in [0.1, 0.15) is 18.3 Å². The van der Waals surface area contributed by atoms with Crippen LogP contribution in [0.2, 0.25) is 0 Å². The predicted molar refractivity (Wildman–Crippen MR) is 73.5 cm³/mol. The van der Waals surface area contributed by atoms with Crippen LogP contribution in [0.3, 0.4) is 0 Å². The Bertz CT molecular complexity index is 470. The third kappa shape index (κ3) is 3.24. The Kier molecular flexibility index (Phi) is 4.60. The SMILES string of the molecule is CCN(Cc1ccccn1)Cc1nnsc1NC. The van der Waals surface area contributed by atoms with E-state index in [9.17, 15) is 0 Å². The molecule has 0 unspecified atom stereocenters. The smallest absolute Gasteiger partial charge is 0.134 e. The lowest BCUT2D eigenvalue weighted by Gasteiger charge is -2.18. The first-order valence-electron chi connectivity index (χ1n) is 5.94. The Labute approximate surface area is 111 Å². The van der Waals surface area contributed by atoms with Gasteiger partial charge in [-0.1, -0.05) is 17.5 Å². The van der Waals surface area contributed by atoms with E-state index in [1.54, 1.807) is 0 Å². The van der Waals surface area contributed by atoms with Crippen molar-refractivity contribution in [2.75, 3.05) is 18.9 Å². The van der Waals surface area contributed by atoms with Crippen molar-refractivity contribution in [3.8, 4) is 0 Å². The van der Waals surface area contributed by atoms with Gasteiger partial charge in [0.05, 0.1) is 5.69 Å². The van der Waals surface area contributed by atoms with Gasteiger partial charge < -0.3 is 5.32 Å². The molecule has 2 aromatic heterocycles. The van der Waals surface area contributed by atoms with E-state index in [1.807, 2.05) is 31.4 Å². The lowest BCUT2D eigenvalue weighted by Crippen LogP contribution is -2.23. The first-order chi connectivity index (χ1) is 8.83. The normalized spacial score (nSPS) is 10.8. The zero-order chi connectivity index (χ0) is 12.8. The van der Waals surface area contributed by atoms with Gasteiger partial charge in [0.2, 0.25) is 0 Å². The number of hydrogen-bond acceptors (Lipinski definition) is 6. The van der Waals surface area contributed by atoms with Crippen LogP contribution < -0.4 is 5.32 Å². The number of hydrogen-bond donors (Lipinski definition) is 1. The van der Waals surface area contributed by atoms with E-state index in [0.717, 1.165) is 36.0 Å². The van der Waals surface area contributed by atoms with Gasteiger partial charge >= 0.3 is 0 Å². The molecule has 1 N–H and O–H groups in total. The van der Waals surface area contributed by atoms with Crippen molar-refractivity contribution in [1.82, 2.24) is 19.5 Å². The quantitative estimate of drug-likeness (QED) is 0.864. The summed E-state index contributed by atoms with van der Waals surface area (Å²) in [6.45, 7) is 4.72. The van der Waals surface area contributed by atoms with Gasteiger partial charge in [0, 0.05) is 37.9 Å². The maximum Gasteiger partial charge on any atom is 0.134 e. The van der Waals surface area contributed by atoms with Crippen molar-refractivity contribution in [3.05, 3.63) is 35.8 Å². The summed E-state index contributed by atoms with van der Waals surface area (Å²) in [4.78, 5) is 6.64. The molecule has 0 atom stereocenters. The van der Waals surface area contributed by atoms with Crippen molar-refractivity contribution >= 4 is 16.5 Å². The lowest BCUT2D eigenvalue weighted by atomic mass is 10.3. The van der Waals surface area contributed by atoms with Crippen molar-refractivity contribution in [1.29, 1.82) is 0 Å². The molecular formula is C12H17N5S. The summed E-state index contributed by atoms with van der Waals surface area (Å²) in [7, 11) is 1.90. The lowest BCUT2D eigenvalue weighted by molar-refractivity contribution is 0.265. The van der Waals surface area contributed by atoms with Crippen LogP contribution in [-0.4, -0.2) is 33.1 Å². The molecule has 0 radical (unpaired) electrons. The number of rotatable bonds is 6. The van der Waals surface area contributed by atoms with Crippen LogP contribution in [0, 0.1) is 0 Å². The summed E-state index contributed by atoms with van der Waals surface area (Å²) >= 11 is 1.39. The summed E-state index contributed by atoms with van der Waals surface area (Å²) in [5.74, 6) is 0. The van der Waals surface area contributed by atoms with E-state index in [-0.39, 0.29) is 0 Å². The van der Waals surface area contributed by atoms with Crippen molar-refractivity contribution < 1.29 is 0 Å². The molecule has 0 saturated heterocycles.